The van der Waals surface area contributed by atoms with Crippen LogP contribution in [0.1, 0.15) is 35.1 Å². The average Bonchev–Trinajstić information content (AvgIpc) is 2.86. The molecule has 35 heavy (non-hydrogen) atoms. The van der Waals surface area contributed by atoms with Crippen molar-refractivity contribution in [1.29, 1.82) is 0 Å². The lowest BCUT2D eigenvalue weighted by atomic mass is 9.90. The Morgan fingerprint density at radius 2 is 1.80 bits per heavy atom. The lowest BCUT2D eigenvalue weighted by Gasteiger charge is -2.25. The number of sulfonamides is 1. The van der Waals surface area contributed by atoms with Gasteiger partial charge >= 0.3 is 0 Å². The fraction of sp³-hybridized carbons (Fsp3) is 0.259. The molecule has 7 nitrogen and oxygen atoms in total. The second kappa shape index (κ2) is 10.3. The van der Waals surface area contributed by atoms with E-state index in [0.29, 0.717) is 5.69 Å². The van der Waals surface area contributed by atoms with E-state index in [1.165, 1.54) is 12.1 Å². The molecule has 1 aliphatic rings. The predicted molar refractivity (Wildman–Crippen MR) is 138 cm³/mol. The van der Waals surface area contributed by atoms with Crippen LogP contribution in [0.2, 0.25) is 0 Å². The van der Waals surface area contributed by atoms with Gasteiger partial charge in [0, 0.05) is 5.56 Å². The first-order chi connectivity index (χ1) is 16.8. The quantitative estimate of drug-likeness (QED) is 0.498. The van der Waals surface area contributed by atoms with E-state index in [1.54, 1.807) is 31.4 Å². The van der Waals surface area contributed by atoms with Gasteiger partial charge in [-0.3, -0.25) is 9.10 Å². The molecule has 0 heterocycles. The van der Waals surface area contributed by atoms with Crippen LogP contribution < -0.4 is 14.5 Å². The highest BCUT2D eigenvalue weighted by Crippen LogP contribution is 2.28. The van der Waals surface area contributed by atoms with Crippen molar-refractivity contribution in [3.05, 3.63) is 89.0 Å². The van der Waals surface area contributed by atoms with Gasteiger partial charge in [-0.05, 0) is 80.6 Å². The summed E-state index contributed by atoms with van der Waals surface area (Å²) in [7, 11) is -2.34. The van der Waals surface area contributed by atoms with E-state index in [-0.39, 0.29) is 4.90 Å². The maximum atomic E-state index is 13.5. The number of methoxy groups -OCH3 is 1. The third-order valence-corrected chi connectivity index (χ3v) is 7.81. The van der Waals surface area contributed by atoms with Gasteiger partial charge in [0.25, 0.3) is 15.9 Å². The van der Waals surface area contributed by atoms with Crippen LogP contribution in [-0.2, 0) is 21.2 Å². The summed E-state index contributed by atoms with van der Waals surface area (Å²) in [5, 5.41) is 4.37. The molecule has 1 aliphatic carbocycles. The van der Waals surface area contributed by atoms with Crippen molar-refractivity contribution in [2.24, 2.45) is 5.10 Å². The fourth-order valence-corrected chi connectivity index (χ4v) is 5.79. The Kier molecular flexibility index (Phi) is 7.21. The Labute approximate surface area is 206 Å². The van der Waals surface area contributed by atoms with Crippen LogP contribution in [0.15, 0.2) is 76.7 Å². The third-order valence-electron chi connectivity index (χ3n) is 6.04. The monoisotopic (exact) mass is 491 g/mol. The smallest absolute Gasteiger partial charge is 0.264 e. The van der Waals surface area contributed by atoms with E-state index < -0.39 is 22.5 Å². The highest BCUT2D eigenvalue weighted by atomic mass is 32.2. The van der Waals surface area contributed by atoms with Gasteiger partial charge in [0.05, 0.1) is 23.4 Å². The summed E-state index contributed by atoms with van der Waals surface area (Å²) in [6.07, 6.45) is 2.55. The Morgan fingerprint density at radius 1 is 1.03 bits per heavy atom. The van der Waals surface area contributed by atoms with Gasteiger partial charge in [-0.2, -0.15) is 5.10 Å². The number of ether oxygens (including phenoxy) is 1. The highest BCUT2D eigenvalue weighted by Gasteiger charge is 2.28. The molecule has 1 N–H and O–H groups in total. The minimum atomic E-state index is -3.97. The topological polar surface area (TPSA) is 88.1 Å². The van der Waals surface area contributed by atoms with Crippen LogP contribution in [0.4, 0.5) is 5.69 Å². The predicted octanol–water partition coefficient (Wildman–Crippen LogP) is 4.36. The molecule has 0 spiro atoms. The molecule has 0 fully saturated rings. The maximum absolute atomic E-state index is 13.5. The zero-order chi connectivity index (χ0) is 25.0. The van der Waals surface area contributed by atoms with Gasteiger partial charge in [-0.15, -0.1) is 0 Å². The molecule has 4 rings (SSSR count). The molecule has 0 saturated heterocycles. The summed E-state index contributed by atoms with van der Waals surface area (Å²) in [6, 6.07) is 19.4. The molecule has 0 radical (unpaired) electrons. The first-order valence-electron chi connectivity index (χ1n) is 11.5. The van der Waals surface area contributed by atoms with Crippen LogP contribution in [-0.4, -0.2) is 33.7 Å². The van der Waals surface area contributed by atoms with E-state index in [1.807, 2.05) is 44.2 Å². The maximum Gasteiger partial charge on any atom is 0.264 e. The Hall–Kier alpha value is -3.65. The number of aryl methyl sites for hydroxylation is 3. The standard InChI is InChI=1S/C27H29N3O4S/c1-19-12-15-26(20(2)16-19)30(35(32,33)23-9-5-4-6-10-23)18-27(31)29-28-25-11-7-8-21-17-22(34-3)13-14-24(21)25/h4-6,9-10,12-17H,7-8,11,18H2,1-3H3,(H,29,31)/b28-25+. The summed E-state index contributed by atoms with van der Waals surface area (Å²) < 4.78 is 33.5. The fourth-order valence-electron chi connectivity index (χ4n) is 4.28. The van der Waals surface area contributed by atoms with Crippen molar-refractivity contribution in [2.75, 3.05) is 18.0 Å². The van der Waals surface area contributed by atoms with Gasteiger partial charge < -0.3 is 4.74 Å². The Bertz CT molecular complexity index is 1370. The second-order valence-corrected chi connectivity index (χ2v) is 10.4. The van der Waals surface area contributed by atoms with Crippen molar-refractivity contribution < 1.29 is 17.9 Å². The number of hydrazone groups is 1. The number of nitrogens with zero attached hydrogens (tertiary/aromatic N) is 2. The number of hydrogen-bond acceptors (Lipinski definition) is 5. The van der Waals surface area contributed by atoms with Crippen LogP contribution in [0.3, 0.4) is 0 Å². The number of anilines is 1. The largest absolute Gasteiger partial charge is 0.497 e. The average molecular weight is 492 g/mol. The number of benzene rings is 3. The van der Waals surface area contributed by atoms with Gasteiger partial charge in [-0.1, -0.05) is 35.9 Å². The molecule has 0 atom stereocenters. The summed E-state index contributed by atoms with van der Waals surface area (Å²) in [4.78, 5) is 13.1. The lowest BCUT2D eigenvalue weighted by Crippen LogP contribution is -2.40. The summed E-state index contributed by atoms with van der Waals surface area (Å²) in [5.74, 6) is 0.266. The molecule has 3 aromatic rings. The van der Waals surface area contributed by atoms with Crippen molar-refractivity contribution in [3.8, 4) is 5.75 Å². The first kappa shape index (κ1) is 24.5. The molecular weight excluding hydrogens is 462 g/mol. The highest BCUT2D eigenvalue weighted by molar-refractivity contribution is 7.92. The Morgan fingerprint density at radius 3 is 2.51 bits per heavy atom. The molecule has 8 heteroatoms. The zero-order valence-corrected chi connectivity index (χ0v) is 20.9. The van der Waals surface area contributed by atoms with E-state index in [4.69, 9.17) is 4.74 Å². The molecule has 0 aliphatic heterocycles. The van der Waals surface area contributed by atoms with Crippen molar-refractivity contribution in [1.82, 2.24) is 5.43 Å². The van der Waals surface area contributed by atoms with Crippen molar-refractivity contribution >= 4 is 27.3 Å². The molecule has 0 saturated carbocycles. The third kappa shape index (κ3) is 5.38. The van der Waals surface area contributed by atoms with E-state index in [9.17, 15) is 13.2 Å². The zero-order valence-electron chi connectivity index (χ0n) is 20.1. The molecule has 0 unspecified atom stereocenters. The summed E-state index contributed by atoms with van der Waals surface area (Å²) in [6.45, 7) is 3.38. The number of carbonyl (C=O) groups is 1. The number of rotatable bonds is 7. The van der Waals surface area contributed by atoms with E-state index >= 15 is 0 Å². The first-order valence-corrected chi connectivity index (χ1v) is 12.9. The van der Waals surface area contributed by atoms with Crippen LogP contribution in [0.5, 0.6) is 5.75 Å². The van der Waals surface area contributed by atoms with Crippen LogP contribution >= 0.6 is 0 Å². The van der Waals surface area contributed by atoms with Crippen molar-refractivity contribution in [2.45, 2.75) is 38.0 Å². The molecular formula is C27H29N3O4S. The van der Waals surface area contributed by atoms with E-state index in [0.717, 1.165) is 57.3 Å². The SMILES string of the molecule is COc1ccc2c(c1)CCC/C2=N\NC(=O)CN(c1ccc(C)cc1C)S(=O)(=O)c1ccccc1. The molecule has 1 amide bonds. The van der Waals surface area contributed by atoms with Crippen molar-refractivity contribution in [3.63, 3.8) is 0 Å². The number of amides is 1. The summed E-state index contributed by atoms with van der Waals surface area (Å²) in [5.41, 5.74) is 7.67. The minimum Gasteiger partial charge on any atom is -0.497 e. The molecule has 182 valence electrons. The molecule has 0 aromatic heterocycles. The molecule has 3 aromatic carbocycles. The van der Waals surface area contributed by atoms with Gasteiger partial charge in [0.2, 0.25) is 0 Å². The van der Waals surface area contributed by atoms with E-state index in [2.05, 4.69) is 10.5 Å². The minimum absolute atomic E-state index is 0.120. The number of carbonyl (C=O) groups excluding carboxylic acids is 1. The summed E-state index contributed by atoms with van der Waals surface area (Å²) >= 11 is 0. The number of fused-ring (bicyclic) bond motifs is 1. The number of hydrogen-bond donors (Lipinski definition) is 1. The number of nitrogens with one attached hydrogen (secondary N) is 1. The van der Waals surface area contributed by atoms with Gasteiger partial charge in [0.15, 0.2) is 0 Å². The normalized spacial score (nSPS) is 14.3. The lowest BCUT2D eigenvalue weighted by molar-refractivity contribution is -0.119. The van der Waals surface area contributed by atoms with Crippen LogP contribution in [0, 0.1) is 13.8 Å². The Balaban J connectivity index is 1.61. The van der Waals surface area contributed by atoms with Gasteiger partial charge in [-0.25, -0.2) is 13.8 Å². The van der Waals surface area contributed by atoms with Crippen LogP contribution in [0.25, 0.3) is 0 Å². The molecule has 0 bridgehead atoms. The van der Waals surface area contributed by atoms with Gasteiger partial charge in [0.1, 0.15) is 12.3 Å². The second-order valence-electron chi connectivity index (χ2n) is 8.58.